The lowest BCUT2D eigenvalue weighted by molar-refractivity contribution is 0.789. The van der Waals surface area contributed by atoms with E-state index < -0.39 is 0 Å². The van der Waals surface area contributed by atoms with E-state index in [0.717, 1.165) is 10.9 Å². The Kier molecular flexibility index (Phi) is 3.83. The Labute approximate surface area is 75.9 Å². The molecule has 0 saturated heterocycles. The van der Waals surface area contributed by atoms with Gasteiger partial charge in [0.2, 0.25) is 0 Å². The van der Waals surface area contributed by atoms with Crippen molar-refractivity contribution >= 4 is 11.8 Å². The monoisotopic (exact) mass is 184 g/mol. The van der Waals surface area contributed by atoms with Crippen LogP contribution in [-0.2, 0) is 7.05 Å². The smallest absolute Gasteiger partial charge is 0.191 e. The maximum absolute atomic E-state index is 5.29. The zero-order valence-electron chi connectivity index (χ0n) is 6.97. The quantitative estimate of drug-likeness (QED) is 0.544. The lowest BCUT2D eigenvalue weighted by Gasteiger charge is -1.94. The van der Waals surface area contributed by atoms with Crippen LogP contribution in [0.15, 0.2) is 23.6 Å². The van der Waals surface area contributed by atoms with Crippen molar-refractivity contribution < 1.29 is 0 Å². The van der Waals surface area contributed by atoms with Crippen LogP contribution in [0.4, 0.5) is 0 Å². The molecule has 1 aromatic rings. The number of rotatable bonds is 4. The normalized spacial score (nSPS) is 11.2. The van der Waals surface area contributed by atoms with E-state index >= 15 is 0 Å². The molecule has 0 aliphatic rings. The zero-order chi connectivity index (χ0) is 8.81. The van der Waals surface area contributed by atoms with E-state index in [9.17, 15) is 0 Å². The lowest BCUT2D eigenvalue weighted by Crippen LogP contribution is -1.93. The summed E-state index contributed by atoms with van der Waals surface area (Å²) in [5, 5.41) is 8.62. The van der Waals surface area contributed by atoms with Gasteiger partial charge in [-0.2, -0.15) is 0 Å². The Morgan fingerprint density at radius 3 is 3.08 bits per heavy atom. The summed E-state index contributed by atoms with van der Waals surface area (Å²) in [6, 6.07) is 0. The van der Waals surface area contributed by atoms with Crippen molar-refractivity contribution in [2.45, 2.75) is 5.16 Å². The van der Waals surface area contributed by atoms with Gasteiger partial charge in [-0.25, -0.2) is 0 Å². The highest BCUT2D eigenvalue weighted by Gasteiger charge is 1.97. The molecule has 0 aromatic carbocycles. The standard InChI is InChI=1S/C7H12N4S/c1-11-6-9-10-7(11)12-5-3-2-4-8/h2-3,6H,4-5,8H2,1H3. The second kappa shape index (κ2) is 4.95. The molecule has 1 heterocycles. The summed E-state index contributed by atoms with van der Waals surface area (Å²) in [5.41, 5.74) is 5.29. The topological polar surface area (TPSA) is 56.7 Å². The highest BCUT2D eigenvalue weighted by Crippen LogP contribution is 2.12. The van der Waals surface area contributed by atoms with E-state index in [1.165, 1.54) is 0 Å². The van der Waals surface area contributed by atoms with Gasteiger partial charge in [-0.15, -0.1) is 10.2 Å². The van der Waals surface area contributed by atoms with Gasteiger partial charge in [0, 0.05) is 19.3 Å². The second-order valence-electron chi connectivity index (χ2n) is 2.24. The summed E-state index contributed by atoms with van der Waals surface area (Å²) < 4.78 is 1.89. The van der Waals surface area contributed by atoms with Crippen molar-refractivity contribution in [2.75, 3.05) is 12.3 Å². The number of thioether (sulfide) groups is 1. The summed E-state index contributed by atoms with van der Waals surface area (Å²) in [7, 11) is 1.93. The third kappa shape index (κ3) is 2.67. The van der Waals surface area contributed by atoms with Crippen LogP contribution in [0.1, 0.15) is 0 Å². The summed E-state index contributed by atoms with van der Waals surface area (Å²) >= 11 is 1.64. The van der Waals surface area contributed by atoms with Crippen LogP contribution in [0.3, 0.4) is 0 Å². The highest BCUT2D eigenvalue weighted by molar-refractivity contribution is 7.99. The average molecular weight is 184 g/mol. The van der Waals surface area contributed by atoms with E-state index in [0.29, 0.717) is 6.54 Å². The highest BCUT2D eigenvalue weighted by atomic mass is 32.2. The number of hydrogen-bond donors (Lipinski definition) is 1. The van der Waals surface area contributed by atoms with Crippen molar-refractivity contribution in [1.82, 2.24) is 14.8 Å². The van der Waals surface area contributed by atoms with Gasteiger partial charge in [-0.05, 0) is 0 Å². The van der Waals surface area contributed by atoms with Crippen molar-refractivity contribution in [1.29, 1.82) is 0 Å². The SMILES string of the molecule is Cn1cnnc1SCC=CCN. The Hall–Kier alpha value is -0.810. The van der Waals surface area contributed by atoms with Crippen LogP contribution >= 0.6 is 11.8 Å². The van der Waals surface area contributed by atoms with Gasteiger partial charge in [-0.1, -0.05) is 23.9 Å². The van der Waals surface area contributed by atoms with Gasteiger partial charge in [0.1, 0.15) is 6.33 Å². The summed E-state index contributed by atoms with van der Waals surface area (Å²) in [5.74, 6) is 0.893. The van der Waals surface area contributed by atoms with Crippen LogP contribution in [0, 0.1) is 0 Å². The Balaban J connectivity index is 2.33. The average Bonchev–Trinajstić information content (AvgIpc) is 2.46. The molecule has 0 amide bonds. The van der Waals surface area contributed by atoms with Crippen molar-refractivity contribution in [3.8, 4) is 0 Å². The maximum Gasteiger partial charge on any atom is 0.191 e. The fourth-order valence-electron chi connectivity index (χ4n) is 0.690. The molecule has 0 atom stereocenters. The lowest BCUT2D eigenvalue weighted by atomic mass is 10.5. The van der Waals surface area contributed by atoms with E-state index in [1.54, 1.807) is 18.1 Å². The molecule has 0 unspecified atom stereocenters. The predicted molar refractivity (Wildman–Crippen MR) is 49.9 cm³/mol. The van der Waals surface area contributed by atoms with Crippen molar-refractivity contribution in [3.63, 3.8) is 0 Å². The molecule has 12 heavy (non-hydrogen) atoms. The zero-order valence-corrected chi connectivity index (χ0v) is 7.79. The number of hydrogen-bond acceptors (Lipinski definition) is 4. The molecule has 4 nitrogen and oxygen atoms in total. The minimum Gasteiger partial charge on any atom is -0.327 e. The van der Waals surface area contributed by atoms with Gasteiger partial charge in [-0.3, -0.25) is 0 Å². The van der Waals surface area contributed by atoms with E-state index in [-0.39, 0.29) is 0 Å². The third-order valence-electron chi connectivity index (χ3n) is 1.28. The Bertz CT molecular complexity index is 256. The molecule has 66 valence electrons. The maximum atomic E-state index is 5.29. The van der Waals surface area contributed by atoms with Crippen molar-refractivity contribution in [2.24, 2.45) is 12.8 Å². The van der Waals surface area contributed by atoms with Gasteiger partial charge >= 0.3 is 0 Å². The number of nitrogens with two attached hydrogens (primary N) is 1. The molecule has 2 N–H and O–H groups in total. The molecule has 0 fully saturated rings. The Morgan fingerprint density at radius 1 is 1.67 bits per heavy atom. The van der Waals surface area contributed by atoms with E-state index in [1.807, 2.05) is 23.8 Å². The van der Waals surface area contributed by atoms with Gasteiger partial charge in [0.25, 0.3) is 0 Å². The van der Waals surface area contributed by atoms with Crippen LogP contribution in [-0.4, -0.2) is 27.1 Å². The number of aryl methyl sites for hydroxylation is 1. The molecule has 0 bridgehead atoms. The van der Waals surface area contributed by atoms with Crippen molar-refractivity contribution in [3.05, 3.63) is 18.5 Å². The largest absolute Gasteiger partial charge is 0.327 e. The fraction of sp³-hybridized carbons (Fsp3) is 0.429. The summed E-state index contributed by atoms with van der Waals surface area (Å²) in [4.78, 5) is 0. The predicted octanol–water partition coefficient (Wildman–Crippen LogP) is 0.422. The molecule has 1 aromatic heterocycles. The minimum absolute atomic E-state index is 0.597. The first-order valence-corrected chi connectivity index (χ1v) is 4.65. The van der Waals surface area contributed by atoms with Gasteiger partial charge in [0.05, 0.1) is 0 Å². The second-order valence-corrected chi connectivity index (χ2v) is 3.23. The molecule has 0 aliphatic heterocycles. The van der Waals surface area contributed by atoms with Gasteiger partial charge in [0.15, 0.2) is 5.16 Å². The molecule has 0 radical (unpaired) electrons. The molecular weight excluding hydrogens is 172 g/mol. The first-order chi connectivity index (χ1) is 5.84. The number of aromatic nitrogens is 3. The van der Waals surface area contributed by atoms with Crippen LogP contribution < -0.4 is 5.73 Å². The van der Waals surface area contributed by atoms with Crippen LogP contribution in [0.25, 0.3) is 0 Å². The molecule has 0 aliphatic carbocycles. The van der Waals surface area contributed by atoms with Crippen LogP contribution in [0.5, 0.6) is 0 Å². The molecule has 1 rings (SSSR count). The first-order valence-electron chi connectivity index (χ1n) is 3.66. The summed E-state index contributed by atoms with van der Waals surface area (Å²) in [6.07, 6.45) is 5.65. The van der Waals surface area contributed by atoms with Gasteiger partial charge < -0.3 is 10.3 Å². The van der Waals surface area contributed by atoms with Crippen LogP contribution in [0.2, 0.25) is 0 Å². The molecule has 0 saturated carbocycles. The molecular formula is C7H12N4S. The third-order valence-corrected chi connectivity index (χ3v) is 2.27. The molecule has 0 spiro atoms. The fourth-order valence-corrected chi connectivity index (χ4v) is 1.43. The van der Waals surface area contributed by atoms with E-state index in [2.05, 4.69) is 10.2 Å². The summed E-state index contributed by atoms with van der Waals surface area (Å²) in [6.45, 7) is 0.597. The number of nitrogens with zero attached hydrogens (tertiary/aromatic N) is 3. The minimum atomic E-state index is 0.597. The first kappa shape index (κ1) is 9.28. The molecule has 5 heteroatoms. The Morgan fingerprint density at radius 2 is 2.50 bits per heavy atom. The van der Waals surface area contributed by atoms with E-state index in [4.69, 9.17) is 5.73 Å².